The topological polar surface area (TPSA) is 83.4 Å². The molecule has 1 aromatic carbocycles. The Morgan fingerprint density at radius 2 is 2.00 bits per heavy atom. The highest BCUT2D eigenvalue weighted by Crippen LogP contribution is 2.18. The van der Waals surface area contributed by atoms with Gasteiger partial charge in [-0.15, -0.1) is 11.3 Å². The lowest BCUT2D eigenvalue weighted by Crippen LogP contribution is -2.39. The fraction of sp³-hybridized carbons (Fsp3) is 0.412. The van der Waals surface area contributed by atoms with Gasteiger partial charge in [0.05, 0.1) is 23.0 Å². The molecule has 0 aliphatic heterocycles. The number of sulfone groups is 1. The quantitative estimate of drug-likeness (QED) is 0.553. The van der Waals surface area contributed by atoms with Gasteiger partial charge < -0.3 is 10.6 Å². The van der Waals surface area contributed by atoms with E-state index in [4.69, 9.17) is 0 Å². The number of rotatable bonds is 7. The zero-order chi connectivity index (χ0) is 19.2. The second-order valence-corrected chi connectivity index (χ2v) is 8.98. The minimum absolute atomic E-state index is 0.128. The molecule has 0 atom stereocenters. The molecule has 2 rings (SSSR count). The second kappa shape index (κ2) is 9.09. The lowest BCUT2D eigenvalue weighted by Gasteiger charge is -2.11. The van der Waals surface area contributed by atoms with Crippen LogP contribution in [0.15, 0.2) is 34.2 Å². The minimum atomic E-state index is -3.70. The van der Waals surface area contributed by atoms with Crippen molar-refractivity contribution in [2.75, 3.05) is 18.8 Å². The molecule has 0 aliphatic carbocycles. The molecule has 142 valence electrons. The van der Waals surface area contributed by atoms with Gasteiger partial charge in [-0.25, -0.2) is 22.8 Å². The number of guanidine groups is 1. The van der Waals surface area contributed by atoms with Crippen molar-refractivity contribution >= 4 is 27.1 Å². The summed E-state index contributed by atoms with van der Waals surface area (Å²) < 4.78 is 38.2. The fourth-order valence-corrected chi connectivity index (χ4v) is 4.43. The van der Waals surface area contributed by atoms with Crippen molar-refractivity contribution in [3.8, 4) is 0 Å². The van der Waals surface area contributed by atoms with Gasteiger partial charge >= 0.3 is 0 Å². The van der Waals surface area contributed by atoms with Crippen molar-refractivity contribution in [3.05, 3.63) is 45.7 Å². The Morgan fingerprint density at radius 3 is 2.62 bits per heavy atom. The molecule has 0 saturated carbocycles. The average Bonchev–Trinajstić information content (AvgIpc) is 2.90. The summed E-state index contributed by atoms with van der Waals surface area (Å²) in [4.78, 5) is 9.62. The van der Waals surface area contributed by atoms with Gasteiger partial charge in [0.25, 0.3) is 0 Å². The number of aryl methyl sites for hydroxylation is 2. The predicted molar refractivity (Wildman–Crippen MR) is 103 cm³/mol. The van der Waals surface area contributed by atoms with Crippen LogP contribution in [0, 0.1) is 19.7 Å². The maximum Gasteiger partial charge on any atom is 0.191 e. The molecule has 0 saturated heterocycles. The lowest BCUT2D eigenvalue weighted by atomic mass is 10.3. The molecule has 0 spiro atoms. The summed E-state index contributed by atoms with van der Waals surface area (Å²) in [5.41, 5.74) is 0.953. The van der Waals surface area contributed by atoms with Crippen LogP contribution in [0.5, 0.6) is 0 Å². The Balaban J connectivity index is 1.99. The van der Waals surface area contributed by atoms with Crippen molar-refractivity contribution in [1.29, 1.82) is 0 Å². The summed E-state index contributed by atoms with van der Waals surface area (Å²) in [7, 11) is -3.70. The molecule has 0 unspecified atom stereocenters. The van der Waals surface area contributed by atoms with Crippen LogP contribution in [0.4, 0.5) is 4.39 Å². The standard InChI is InChI=1S/C17H23FN4O2S2/c1-4-19-17(21-11-15-12(2)22-13(3)25-15)20-9-10-26(23,24)16-8-6-5-7-14(16)18/h5-8H,4,9-11H2,1-3H3,(H2,19,20,21). The van der Waals surface area contributed by atoms with Crippen LogP contribution in [0.25, 0.3) is 0 Å². The highest BCUT2D eigenvalue weighted by atomic mass is 32.2. The molecule has 1 aromatic heterocycles. The third kappa shape index (κ3) is 5.50. The summed E-state index contributed by atoms with van der Waals surface area (Å²) in [5.74, 6) is -0.442. The average molecular weight is 399 g/mol. The van der Waals surface area contributed by atoms with Gasteiger partial charge in [-0.1, -0.05) is 12.1 Å². The lowest BCUT2D eigenvalue weighted by molar-refractivity contribution is 0.566. The molecule has 0 bridgehead atoms. The van der Waals surface area contributed by atoms with E-state index in [9.17, 15) is 12.8 Å². The minimum Gasteiger partial charge on any atom is -0.357 e. The van der Waals surface area contributed by atoms with E-state index in [1.165, 1.54) is 18.2 Å². The van der Waals surface area contributed by atoms with Gasteiger partial charge in [0.2, 0.25) is 0 Å². The summed E-state index contributed by atoms with van der Waals surface area (Å²) >= 11 is 1.59. The van der Waals surface area contributed by atoms with Crippen molar-refractivity contribution in [1.82, 2.24) is 15.6 Å². The summed E-state index contributed by atoms with van der Waals surface area (Å²) in [6, 6.07) is 5.39. The van der Waals surface area contributed by atoms with E-state index in [1.54, 1.807) is 11.3 Å². The van der Waals surface area contributed by atoms with Gasteiger partial charge in [0, 0.05) is 18.0 Å². The van der Waals surface area contributed by atoms with E-state index in [-0.39, 0.29) is 17.2 Å². The smallest absolute Gasteiger partial charge is 0.191 e. The van der Waals surface area contributed by atoms with Crippen molar-refractivity contribution in [2.45, 2.75) is 32.2 Å². The molecule has 9 heteroatoms. The number of halogens is 1. The van der Waals surface area contributed by atoms with E-state index in [0.717, 1.165) is 21.6 Å². The third-order valence-electron chi connectivity index (χ3n) is 3.56. The van der Waals surface area contributed by atoms with Crippen molar-refractivity contribution < 1.29 is 12.8 Å². The summed E-state index contributed by atoms with van der Waals surface area (Å²) in [6.07, 6.45) is 0. The Bertz CT molecular complexity index is 879. The van der Waals surface area contributed by atoms with Crippen molar-refractivity contribution in [2.24, 2.45) is 4.99 Å². The molecule has 2 aromatic rings. The van der Waals surface area contributed by atoms with Gasteiger partial charge in [-0.2, -0.15) is 0 Å². The molecule has 0 aliphatic rings. The van der Waals surface area contributed by atoms with Gasteiger partial charge in [0.15, 0.2) is 15.8 Å². The van der Waals surface area contributed by atoms with Crippen LogP contribution in [-0.2, 0) is 16.4 Å². The number of hydrogen-bond acceptors (Lipinski definition) is 5. The monoisotopic (exact) mass is 398 g/mol. The first-order valence-corrected chi connectivity index (χ1v) is 10.7. The molecule has 6 nitrogen and oxygen atoms in total. The van der Waals surface area contributed by atoms with Crippen LogP contribution in [0.2, 0.25) is 0 Å². The second-order valence-electron chi connectivity index (χ2n) is 5.61. The molecular formula is C17H23FN4O2S2. The van der Waals surface area contributed by atoms with E-state index >= 15 is 0 Å². The number of hydrogen-bond donors (Lipinski definition) is 2. The van der Waals surface area contributed by atoms with Crippen LogP contribution in [0.3, 0.4) is 0 Å². The molecule has 1 heterocycles. The zero-order valence-corrected chi connectivity index (χ0v) is 16.7. The van der Waals surface area contributed by atoms with Gasteiger partial charge in [0.1, 0.15) is 10.7 Å². The van der Waals surface area contributed by atoms with Gasteiger partial charge in [-0.3, -0.25) is 0 Å². The van der Waals surface area contributed by atoms with E-state index < -0.39 is 15.7 Å². The normalized spacial score (nSPS) is 12.2. The Kier molecular flexibility index (Phi) is 7.10. The van der Waals surface area contributed by atoms with Crippen LogP contribution >= 0.6 is 11.3 Å². The first-order chi connectivity index (χ1) is 12.3. The summed E-state index contributed by atoms with van der Waals surface area (Å²) in [5, 5.41) is 7.04. The third-order valence-corrected chi connectivity index (χ3v) is 6.36. The molecule has 0 fully saturated rings. The first-order valence-electron chi connectivity index (χ1n) is 8.26. The highest BCUT2D eigenvalue weighted by Gasteiger charge is 2.18. The number of nitrogens with one attached hydrogen (secondary N) is 2. The molecule has 26 heavy (non-hydrogen) atoms. The van der Waals surface area contributed by atoms with Gasteiger partial charge in [-0.05, 0) is 32.9 Å². The maximum absolute atomic E-state index is 13.7. The van der Waals surface area contributed by atoms with Crippen LogP contribution in [-0.4, -0.2) is 38.2 Å². The van der Waals surface area contributed by atoms with Crippen LogP contribution < -0.4 is 10.6 Å². The SMILES string of the molecule is CCNC(=NCc1sc(C)nc1C)NCCS(=O)(=O)c1ccccc1F. The maximum atomic E-state index is 13.7. The molecule has 0 amide bonds. The predicted octanol–water partition coefficient (Wildman–Crippen LogP) is 2.43. The largest absolute Gasteiger partial charge is 0.357 e. The zero-order valence-electron chi connectivity index (χ0n) is 15.0. The number of aliphatic imine (C=N–C) groups is 1. The number of thiazole rings is 1. The number of nitrogens with zero attached hydrogens (tertiary/aromatic N) is 2. The van der Waals surface area contributed by atoms with E-state index in [0.29, 0.717) is 19.0 Å². The fourth-order valence-electron chi connectivity index (χ4n) is 2.32. The number of benzene rings is 1. The molecule has 2 N–H and O–H groups in total. The molecule has 0 radical (unpaired) electrons. The number of aromatic nitrogens is 1. The molecular weight excluding hydrogens is 375 g/mol. The highest BCUT2D eigenvalue weighted by molar-refractivity contribution is 7.91. The Hall–Kier alpha value is -2.00. The van der Waals surface area contributed by atoms with E-state index in [1.807, 2.05) is 20.8 Å². The van der Waals surface area contributed by atoms with E-state index in [2.05, 4.69) is 20.6 Å². The van der Waals surface area contributed by atoms with Crippen LogP contribution in [0.1, 0.15) is 22.5 Å². The Labute approximate surface area is 157 Å². The summed E-state index contributed by atoms with van der Waals surface area (Å²) in [6.45, 7) is 7.05. The Morgan fingerprint density at radius 1 is 1.27 bits per heavy atom. The van der Waals surface area contributed by atoms with Crippen molar-refractivity contribution in [3.63, 3.8) is 0 Å². The first kappa shape index (κ1) is 20.3.